The Morgan fingerprint density at radius 1 is 0.793 bits per heavy atom. The van der Waals surface area contributed by atoms with E-state index in [1.54, 1.807) is 42.5 Å². The third kappa shape index (κ3) is 3.68. The molecule has 4 rings (SSSR count). The van der Waals surface area contributed by atoms with Crippen LogP contribution >= 0.6 is 0 Å². The number of benzene rings is 3. The van der Waals surface area contributed by atoms with Crippen molar-refractivity contribution in [1.82, 2.24) is 0 Å². The predicted molar refractivity (Wildman–Crippen MR) is 116 cm³/mol. The van der Waals surface area contributed by atoms with Crippen LogP contribution in [0, 0.1) is 6.92 Å². The van der Waals surface area contributed by atoms with Gasteiger partial charge in [0.2, 0.25) is 0 Å². The molecule has 146 valence electrons. The average molecular weight is 403 g/mol. The number of hydrogen-bond donors (Lipinski definition) is 0. The highest BCUT2D eigenvalue weighted by Crippen LogP contribution is 2.49. The van der Waals surface area contributed by atoms with Crippen LogP contribution in [0.5, 0.6) is 0 Å². The van der Waals surface area contributed by atoms with E-state index in [2.05, 4.69) is 0 Å². The maximum absolute atomic E-state index is 13.4. The Kier molecular flexibility index (Phi) is 4.97. The first kappa shape index (κ1) is 19.3. The SMILES string of the molecule is Cc1ccc(S(=O)(=O)C2(/C=C(/C(=O)c3ccccc3)c3ccccc3)CC2)cc1. The van der Waals surface area contributed by atoms with Crippen LogP contribution in [0.25, 0.3) is 5.57 Å². The van der Waals surface area contributed by atoms with Crippen molar-refractivity contribution in [2.45, 2.75) is 29.4 Å². The van der Waals surface area contributed by atoms with Crippen molar-refractivity contribution in [1.29, 1.82) is 0 Å². The largest absolute Gasteiger partial charge is 0.289 e. The number of hydrogen-bond acceptors (Lipinski definition) is 3. The van der Waals surface area contributed by atoms with E-state index in [4.69, 9.17) is 0 Å². The minimum Gasteiger partial charge on any atom is -0.289 e. The van der Waals surface area contributed by atoms with E-state index in [9.17, 15) is 13.2 Å². The van der Waals surface area contributed by atoms with E-state index in [1.807, 2.05) is 55.5 Å². The highest BCUT2D eigenvalue weighted by atomic mass is 32.2. The Balaban J connectivity index is 1.82. The summed E-state index contributed by atoms with van der Waals surface area (Å²) in [7, 11) is -3.59. The van der Waals surface area contributed by atoms with Gasteiger partial charge in [0, 0.05) is 11.1 Å². The fraction of sp³-hybridized carbons (Fsp3) is 0.160. The molecule has 1 saturated carbocycles. The van der Waals surface area contributed by atoms with Crippen molar-refractivity contribution in [3.8, 4) is 0 Å². The van der Waals surface area contributed by atoms with E-state index in [-0.39, 0.29) is 5.78 Å². The van der Waals surface area contributed by atoms with Crippen molar-refractivity contribution in [2.24, 2.45) is 0 Å². The summed E-state index contributed by atoms with van der Waals surface area (Å²) < 4.78 is 25.8. The summed E-state index contributed by atoms with van der Waals surface area (Å²) in [6.45, 7) is 1.93. The molecule has 0 aromatic heterocycles. The monoisotopic (exact) mass is 402 g/mol. The first-order valence-electron chi connectivity index (χ1n) is 9.62. The molecule has 0 N–H and O–H groups in total. The summed E-state index contributed by atoms with van der Waals surface area (Å²) in [6.07, 6.45) is 2.72. The van der Waals surface area contributed by atoms with Gasteiger partial charge >= 0.3 is 0 Å². The number of sulfone groups is 1. The van der Waals surface area contributed by atoms with Crippen LogP contribution in [0.4, 0.5) is 0 Å². The third-order valence-corrected chi connectivity index (χ3v) is 7.87. The summed E-state index contributed by atoms with van der Waals surface area (Å²) in [5, 5.41) is 0. The van der Waals surface area contributed by atoms with Crippen molar-refractivity contribution in [2.75, 3.05) is 0 Å². The summed E-state index contributed by atoms with van der Waals surface area (Å²) in [6, 6.07) is 25.2. The fourth-order valence-corrected chi connectivity index (χ4v) is 5.35. The van der Waals surface area contributed by atoms with Crippen molar-refractivity contribution in [3.05, 3.63) is 108 Å². The molecule has 1 aliphatic carbocycles. The molecule has 1 aliphatic rings. The number of carbonyl (C=O) groups excluding carboxylic acids is 1. The lowest BCUT2D eigenvalue weighted by Crippen LogP contribution is -2.22. The van der Waals surface area contributed by atoms with Gasteiger partial charge in [-0.1, -0.05) is 84.4 Å². The minimum atomic E-state index is -3.59. The number of carbonyl (C=O) groups is 1. The summed E-state index contributed by atoms with van der Waals surface area (Å²) >= 11 is 0. The molecule has 0 aliphatic heterocycles. The standard InChI is InChI=1S/C25H22O3S/c1-19-12-14-22(15-13-19)29(27,28)25(16-17-25)18-23(20-8-4-2-5-9-20)24(26)21-10-6-3-7-11-21/h2-15,18H,16-17H2,1H3/b23-18+. The average Bonchev–Trinajstić information content (AvgIpc) is 3.55. The second-order valence-electron chi connectivity index (χ2n) is 7.50. The van der Waals surface area contributed by atoms with Crippen LogP contribution in [-0.2, 0) is 9.84 Å². The summed E-state index contributed by atoms with van der Waals surface area (Å²) in [5.41, 5.74) is 2.72. The Morgan fingerprint density at radius 2 is 1.31 bits per heavy atom. The van der Waals surface area contributed by atoms with Gasteiger partial charge < -0.3 is 0 Å². The molecule has 0 unspecified atom stereocenters. The zero-order valence-corrected chi connectivity index (χ0v) is 17.0. The molecule has 0 saturated heterocycles. The second kappa shape index (κ2) is 7.45. The molecule has 3 aromatic rings. The predicted octanol–water partition coefficient (Wildman–Crippen LogP) is 5.27. The molecular formula is C25H22O3S. The molecule has 0 spiro atoms. The van der Waals surface area contributed by atoms with E-state index < -0.39 is 14.6 Å². The number of aryl methyl sites for hydroxylation is 1. The molecule has 0 bridgehead atoms. The first-order chi connectivity index (χ1) is 13.9. The van der Waals surface area contributed by atoms with Gasteiger partial charge in [-0.15, -0.1) is 0 Å². The topological polar surface area (TPSA) is 51.2 Å². The molecule has 1 fully saturated rings. The lowest BCUT2D eigenvalue weighted by atomic mass is 9.95. The summed E-state index contributed by atoms with van der Waals surface area (Å²) in [4.78, 5) is 13.6. The van der Waals surface area contributed by atoms with E-state index in [0.717, 1.165) is 11.1 Å². The van der Waals surface area contributed by atoms with E-state index in [0.29, 0.717) is 28.9 Å². The van der Waals surface area contributed by atoms with Gasteiger partial charge in [-0.2, -0.15) is 0 Å². The number of Topliss-reactive ketones (excluding diaryl/α,β-unsaturated/α-hetero) is 1. The quantitative estimate of drug-likeness (QED) is 0.417. The molecule has 3 nitrogen and oxygen atoms in total. The van der Waals surface area contributed by atoms with Crippen molar-refractivity contribution < 1.29 is 13.2 Å². The highest BCUT2D eigenvalue weighted by molar-refractivity contribution is 7.93. The summed E-state index contributed by atoms with van der Waals surface area (Å²) in [5.74, 6) is -0.165. The first-order valence-corrected chi connectivity index (χ1v) is 11.1. The van der Waals surface area contributed by atoms with Crippen LogP contribution < -0.4 is 0 Å². The molecule has 29 heavy (non-hydrogen) atoms. The Bertz CT molecular complexity index is 1160. The van der Waals surface area contributed by atoms with Gasteiger partial charge in [0.05, 0.1) is 9.64 Å². The number of ketones is 1. The lowest BCUT2D eigenvalue weighted by Gasteiger charge is -2.16. The van der Waals surface area contributed by atoms with Gasteiger partial charge in [0.15, 0.2) is 15.6 Å². The number of rotatable bonds is 6. The maximum atomic E-state index is 13.4. The molecule has 0 amide bonds. The lowest BCUT2D eigenvalue weighted by molar-refractivity contribution is 0.105. The zero-order valence-electron chi connectivity index (χ0n) is 16.2. The Hall–Kier alpha value is -2.98. The van der Waals surface area contributed by atoms with Gasteiger partial charge in [0.25, 0.3) is 0 Å². The van der Waals surface area contributed by atoms with Gasteiger partial charge in [-0.25, -0.2) is 8.42 Å². The Morgan fingerprint density at radius 3 is 1.83 bits per heavy atom. The van der Waals surface area contributed by atoms with Crippen LogP contribution in [0.2, 0.25) is 0 Å². The molecule has 3 aromatic carbocycles. The zero-order chi connectivity index (χ0) is 20.5. The van der Waals surface area contributed by atoms with Gasteiger partial charge in [-0.3, -0.25) is 4.79 Å². The van der Waals surface area contributed by atoms with Crippen molar-refractivity contribution >= 4 is 21.2 Å². The van der Waals surface area contributed by atoms with Crippen LogP contribution in [0.15, 0.2) is 95.9 Å². The minimum absolute atomic E-state index is 0.165. The molecular weight excluding hydrogens is 380 g/mol. The van der Waals surface area contributed by atoms with Crippen LogP contribution in [0.1, 0.15) is 34.3 Å². The Labute approximate surface area is 171 Å². The molecule has 0 radical (unpaired) electrons. The fourth-order valence-electron chi connectivity index (χ4n) is 3.47. The van der Waals surface area contributed by atoms with Gasteiger partial charge in [0.1, 0.15) is 0 Å². The second-order valence-corrected chi connectivity index (χ2v) is 9.79. The molecule has 0 atom stereocenters. The smallest absolute Gasteiger partial charge is 0.193 e. The van der Waals surface area contributed by atoms with E-state index >= 15 is 0 Å². The molecule has 0 heterocycles. The normalized spacial score (nSPS) is 15.7. The van der Waals surface area contributed by atoms with Crippen LogP contribution in [-0.4, -0.2) is 18.9 Å². The van der Waals surface area contributed by atoms with Crippen molar-refractivity contribution in [3.63, 3.8) is 0 Å². The maximum Gasteiger partial charge on any atom is 0.193 e. The highest BCUT2D eigenvalue weighted by Gasteiger charge is 2.53. The number of allylic oxidation sites excluding steroid dienone is 1. The third-order valence-electron chi connectivity index (χ3n) is 5.38. The van der Waals surface area contributed by atoms with Gasteiger partial charge in [-0.05, 0) is 37.5 Å². The molecule has 4 heteroatoms. The van der Waals surface area contributed by atoms with Crippen LogP contribution in [0.3, 0.4) is 0 Å². The van der Waals surface area contributed by atoms with E-state index in [1.165, 1.54) is 0 Å².